The van der Waals surface area contributed by atoms with E-state index in [1.807, 2.05) is 7.11 Å². The van der Waals surface area contributed by atoms with E-state index in [9.17, 15) is 0 Å². The molecule has 0 aromatic heterocycles. The van der Waals surface area contributed by atoms with Crippen molar-refractivity contribution in [2.75, 3.05) is 13.7 Å². The summed E-state index contributed by atoms with van der Waals surface area (Å²) < 4.78 is 5.42. The van der Waals surface area contributed by atoms with Crippen molar-refractivity contribution in [2.24, 2.45) is 5.92 Å². The van der Waals surface area contributed by atoms with E-state index in [2.05, 4.69) is 5.32 Å². The second kappa shape index (κ2) is 5.13. The van der Waals surface area contributed by atoms with Crippen molar-refractivity contribution in [1.29, 1.82) is 0 Å². The molecule has 0 radical (unpaired) electrons. The zero-order valence-electron chi connectivity index (χ0n) is 9.30. The van der Waals surface area contributed by atoms with Crippen LogP contribution in [0.1, 0.15) is 44.9 Å². The molecule has 2 aliphatic rings. The van der Waals surface area contributed by atoms with Gasteiger partial charge in [-0.2, -0.15) is 0 Å². The third-order valence-corrected chi connectivity index (χ3v) is 3.64. The summed E-state index contributed by atoms with van der Waals surface area (Å²) >= 11 is 0. The molecule has 2 nitrogen and oxygen atoms in total. The van der Waals surface area contributed by atoms with Gasteiger partial charge in [0.25, 0.3) is 0 Å². The van der Waals surface area contributed by atoms with Crippen LogP contribution in [-0.4, -0.2) is 25.8 Å². The fourth-order valence-corrected chi connectivity index (χ4v) is 2.44. The van der Waals surface area contributed by atoms with Crippen molar-refractivity contribution in [1.82, 2.24) is 5.32 Å². The van der Waals surface area contributed by atoms with Gasteiger partial charge in [-0.1, -0.05) is 12.8 Å². The fourth-order valence-electron chi connectivity index (χ4n) is 2.44. The monoisotopic (exact) mass is 197 g/mol. The maximum absolute atomic E-state index is 5.42. The van der Waals surface area contributed by atoms with Gasteiger partial charge in [0.05, 0.1) is 6.10 Å². The Bertz CT molecular complexity index is 168. The zero-order valence-corrected chi connectivity index (χ0v) is 9.30. The lowest BCUT2D eigenvalue weighted by atomic mass is 9.93. The first-order valence-electron chi connectivity index (χ1n) is 6.14. The molecule has 2 rings (SSSR count). The van der Waals surface area contributed by atoms with Crippen LogP contribution in [0.3, 0.4) is 0 Å². The molecular weight excluding hydrogens is 174 g/mol. The maximum atomic E-state index is 5.42. The van der Waals surface area contributed by atoms with Gasteiger partial charge in [-0.25, -0.2) is 0 Å². The van der Waals surface area contributed by atoms with Crippen LogP contribution in [-0.2, 0) is 4.74 Å². The van der Waals surface area contributed by atoms with Crippen LogP contribution in [0.4, 0.5) is 0 Å². The number of ether oxygens (including phenoxy) is 1. The van der Waals surface area contributed by atoms with Crippen molar-refractivity contribution >= 4 is 0 Å². The van der Waals surface area contributed by atoms with Crippen molar-refractivity contribution in [3.63, 3.8) is 0 Å². The van der Waals surface area contributed by atoms with E-state index in [0.29, 0.717) is 6.10 Å². The van der Waals surface area contributed by atoms with Crippen LogP contribution in [0.25, 0.3) is 0 Å². The summed E-state index contributed by atoms with van der Waals surface area (Å²) in [4.78, 5) is 0. The largest absolute Gasteiger partial charge is 0.381 e. The topological polar surface area (TPSA) is 21.3 Å². The fraction of sp³-hybridized carbons (Fsp3) is 1.00. The lowest BCUT2D eigenvalue weighted by molar-refractivity contribution is 0.0588. The van der Waals surface area contributed by atoms with Crippen molar-refractivity contribution in [3.8, 4) is 0 Å². The first-order chi connectivity index (χ1) is 6.88. The number of methoxy groups -OCH3 is 1. The predicted molar refractivity (Wildman–Crippen MR) is 58.4 cm³/mol. The van der Waals surface area contributed by atoms with E-state index in [1.54, 1.807) is 0 Å². The third kappa shape index (κ3) is 3.25. The van der Waals surface area contributed by atoms with E-state index in [0.717, 1.165) is 12.0 Å². The minimum atomic E-state index is 0.516. The summed E-state index contributed by atoms with van der Waals surface area (Å²) in [5, 5.41) is 3.68. The summed E-state index contributed by atoms with van der Waals surface area (Å²) in [7, 11) is 1.84. The van der Waals surface area contributed by atoms with Crippen LogP contribution in [0.2, 0.25) is 0 Å². The molecule has 0 saturated heterocycles. The zero-order chi connectivity index (χ0) is 9.80. The Morgan fingerprint density at radius 1 is 1.21 bits per heavy atom. The quantitative estimate of drug-likeness (QED) is 0.730. The Kier molecular flexibility index (Phi) is 3.82. The van der Waals surface area contributed by atoms with Gasteiger partial charge in [-0.3, -0.25) is 0 Å². The van der Waals surface area contributed by atoms with Crippen LogP contribution in [0, 0.1) is 5.92 Å². The Hall–Kier alpha value is -0.0800. The van der Waals surface area contributed by atoms with Gasteiger partial charge in [0.1, 0.15) is 0 Å². The van der Waals surface area contributed by atoms with Gasteiger partial charge >= 0.3 is 0 Å². The Morgan fingerprint density at radius 2 is 2.07 bits per heavy atom. The van der Waals surface area contributed by atoms with Crippen LogP contribution < -0.4 is 5.32 Å². The second-order valence-corrected chi connectivity index (χ2v) is 4.91. The molecule has 2 saturated carbocycles. The summed E-state index contributed by atoms with van der Waals surface area (Å²) in [5.74, 6) is 1.06. The summed E-state index contributed by atoms with van der Waals surface area (Å²) in [6.07, 6.45) is 10.0. The molecule has 14 heavy (non-hydrogen) atoms. The highest BCUT2D eigenvalue weighted by Crippen LogP contribution is 2.32. The molecule has 1 N–H and O–H groups in total. The van der Waals surface area contributed by atoms with E-state index < -0.39 is 0 Å². The smallest absolute Gasteiger partial charge is 0.0586 e. The molecule has 2 atom stereocenters. The van der Waals surface area contributed by atoms with E-state index >= 15 is 0 Å². The summed E-state index contributed by atoms with van der Waals surface area (Å²) in [6.45, 7) is 1.23. The Labute approximate surface area is 87.4 Å². The predicted octanol–water partition coefficient (Wildman–Crippen LogP) is 2.33. The first kappa shape index (κ1) is 10.4. The van der Waals surface area contributed by atoms with Gasteiger partial charge in [0, 0.05) is 13.2 Å². The molecule has 0 bridgehead atoms. The molecule has 0 aliphatic heterocycles. The molecule has 2 heteroatoms. The summed E-state index contributed by atoms with van der Waals surface area (Å²) in [5.41, 5.74) is 0. The average Bonchev–Trinajstić information content (AvgIpc) is 3.02. The normalized spacial score (nSPS) is 33.2. The third-order valence-electron chi connectivity index (χ3n) is 3.64. The van der Waals surface area contributed by atoms with E-state index in [4.69, 9.17) is 4.74 Å². The van der Waals surface area contributed by atoms with Crippen LogP contribution in [0.5, 0.6) is 0 Å². The van der Waals surface area contributed by atoms with Crippen LogP contribution >= 0.6 is 0 Å². The van der Waals surface area contributed by atoms with Gasteiger partial charge in [0.2, 0.25) is 0 Å². The molecular formula is C12H23NO. The van der Waals surface area contributed by atoms with Crippen molar-refractivity contribution < 1.29 is 4.74 Å². The average molecular weight is 197 g/mol. The van der Waals surface area contributed by atoms with Crippen molar-refractivity contribution in [3.05, 3.63) is 0 Å². The lowest BCUT2D eigenvalue weighted by Crippen LogP contribution is -2.37. The van der Waals surface area contributed by atoms with Gasteiger partial charge in [-0.15, -0.1) is 0 Å². The minimum Gasteiger partial charge on any atom is -0.381 e. The minimum absolute atomic E-state index is 0.516. The molecule has 0 aromatic rings. The first-order valence-corrected chi connectivity index (χ1v) is 6.14. The number of nitrogens with one attached hydrogen (secondary N) is 1. The highest BCUT2D eigenvalue weighted by Gasteiger charge is 2.23. The highest BCUT2D eigenvalue weighted by atomic mass is 16.5. The number of hydrogen-bond acceptors (Lipinski definition) is 2. The lowest BCUT2D eigenvalue weighted by Gasteiger charge is -2.28. The van der Waals surface area contributed by atoms with E-state index in [1.165, 1.54) is 51.5 Å². The van der Waals surface area contributed by atoms with Gasteiger partial charge in [-0.05, 0) is 44.6 Å². The number of rotatable bonds is 5. The highest BCUT2D eigenvalue weighted by molar-refractivity contribution is 4.80. The molecule has 2 aliphatic carbocycles. The standard InChI is InChI=1S/C12H23NO/c1-14-12-4-2-3-11(9-12)13-8-7-10-5-6-10/h10-13H,2-9H2,1H3. The Morgan fingerprint density at radius 3 is 2.79 bits per heavy atom. The molecule has 0 amide bonds. The molecule has 0 heterocycles. The van der Waals surface area contributed by atoms with E-state index in [-0.39, 0.29) is 0 Å². The molecule has 0 aromatic carbocycles. The number of hydrogen-bond donors (Lipinski definition) is 1. The molecule has 82 valence electrons. The van der Waals surface area contributed by atoms with Gasteiger partial charge in [0.15, 0.2) is 0 Å². The molecule has 2 unspecified atom stereocenters. The summed E-state index contributed by atoms with van der Waals surface area (Å²) in [6, 6.07) is 0.729. The molecule has 0 spiro atoms. The molecule has 2 fully saturated rings. The SMILES string of the molecule is COC1CCCC(NCCC2CC2)C1. The maximum Gasteiger partial charge on any atom is 0.0586 e. The van der Waals surface area contributed by atoms with Crippen LogP contribution in [0.15, 0.2) is 0 Å². The van der Waals surface area contributed by atoms with Gasteiger partial charge < -0.3 is 10.1 Å². The second-order valence-electron chi connectivity index (χ2n) is 4.91. The van der Waals surface area contributed by atoms with Crippen molar-refractivity contribution in [2.45, 2.75) is 57.1 Å². The Balaban J connectivity index is 1.58.